The average molecular weight is 510 g/mol. The van der Waals surface area contributed by atoms with Crippen molar-refractivity contribution in [3.8, 4) is 5.75 Å². The standard InChI is InChI=1S/C27H32FN5O4/c1-26(2,24(29)35)21(10-12-37-20-13-19(28)15-30-16-20)23(34)33-11-9-22-27(17-33,25(36)32(3)31-22)14-18-7-5-4-6-8-18/h4-8,13,15-16,21H,9-12,14,17H2,1-3H3,(H2,29,35)/t21-,27+/m0/s1. The van der Waals surface area contributed by atoms with Crippen LogP contribution >= 0.6 is 0 Å². The third-order valence-corrected chi connectivity index (χ3v) is 7.43. The number of hydrogen-bond acceptors (Lipinski definition) is 6. The number of hydrazone groups is 1. The Hall–Kier alpha value is -3.82. The Morgan fingerprint density at radius 2 is 1.97 bits per heavy atom. The summed E-state index contributed by atoms with van der Waals surface area (Å²) in [6, 6.07) is 10.8. The Kier molecular flexibility index (Phi) is 7.29. The number of pyridine rings is 1. The van der Waals surface area contributed by atoms with E-state index in [0.717, 1.165) is 17.5 Å². The van der Waals surface area contributed by atoms with Gasteiger partial charge in [-0.2, -0.15) is 5.10 Å². The van der Waals surface area contributed by atoms with E-state index in [0.29, 0.717) is 19.4 Å². The summed E-state index contributed by atoms with van der Waals surface area (Å²) in [6.45, 7) is 3.84. The summed E-state index contributed by atoms with van der Waals surface area (Å²) < 4.78 is 19.1. The molecule has 1 aromatic heterocycles. The van der Waals surface area contributed by atoms with Crippen LogP contribution in [0.1, 0.15) is 32.3 Å². The highest BCUT2D eigenvalue weighted by Gasteiger charge is 2.54. The zero-order chi connectivity index (χ0) is 26.8. The molecule has 1 saturated heterocycles. The highest BCUT2D eigenvalue weighted by Crippen LogP contribution is 2.40. The first kappa shape index (κ1) is 26.2. The number of carbonyl (C=O) groups is 3. The lowest BCUT2D eigenvalue weighted by Gasteiger charge is -2.42. The second-order valence-corrected chi connectivity index (χ2v) is 10.2. The number of nitrogens with zero attached hydrogens (tertiary/aromatic N) is 4. The molecule has 0 bridgehead atoms. The monoisotopic (exact) mass is 509 g/mol. The fraction of sp³-hybridized carbons (Fsp3) is 0.444. The summed E-state index contributed by atoms with van der Waals surface area (Å²) in [6.07, 6.45) is 3.47. The lowest BCUT2D eigenvalue weighted by Crippen LogP contribution is -2.58. The first-order chi connectivity index (χ1) is 17.5. The second kappa shape index (κ2) is 10.3. The first-order valence-electron chi connectivity index (χ1n) is 12.3. The fourth-order valence-corrected chi connectivity index (χ4v) is 5.17. The molecule has 4 rings (SSSR count). The van der Waals surface area contributed by atoms with E-state index in [1.165, 1.54) is 17.3 Å². The van der Waals surface area contributed by atoms with E-state index in [1.807, 2.05) is 30.3 Å². The normalized spacial score (nSPS) is 20.3. The summed E-state index contributed by atoms with van der Waals surface area (Å²) in [5.74, 6) is -2.18. The van der Waals surface area contributed by atoms with E-state index in [-0.39, 0.29) is 37.1 Å². The molecule has 0 spiro atoms. The Balaban J connectivity index is 1.57. The summed E-state index contributed by atoms with van der Waals surface area (Å²) in [7, 11) is 1.63. The molecule has 2 N–H and O–H groups in total. The topological polar surface area (TPSA) is 118 Å². The van der Waals surface area contributed by atoms with Gasteiger partial charge in [0.15, 0.2) is 0 Å². The van der Waals surface area contributed by atoms with Crippen molar-refractivity contribution in [1.82, 2.24) is 14.9 Å². The molecule has 196 valence electrons. The Morgan fingerprint density at radius 1 is 1.24 bits per heavy atom. The van der Waals surface area contributed by atoms with Crippen LogP contribution in [0, 0.1) is 22.6 Å². The zero-order valence-corrected chi connectivity index (χ0v) is 21.3. The second-order valence-electron chi connectivity index (χ2n) is 10.2. The molecule has 3 heterocycles. The average Bonchev–Trinajstić information content (AvgIpc) is 3.11. The van der Waals surface area contributed by atoms with Crippen molar-refractivity contribution in [2.24, 2.45) is 27.6 Å². The third kappa shape index (κ3) is 5.19. The van der Waals surface area contributed by atoms with Crippen LogP contribution in [0.3, 0.4) is 0 Å². The Bertz CT molecular complexity index is 1220. The highest BCUT2D eigenvalue weighted by molar-refractivity contribution is 6.13. The van der Waals surface area contributed by atoms with Crippen molar-refractivity contribution >= 4 is 23.4 Å². The number of fused-ring (bicyclic) bond motifs is 1. The van der Waals surface area contributed by atoms with Crippen LogP contribution in [0.2, 0.25) is 0 Å². The van der Waals surface area contributed by atoms with Crippen LogP contribution in [0.15, 0.2) is 53.9 Å². The maximum Gasteiger partial charge on any atom is 0.256 e. The molecular weight excluding hydrogens is 477 g/mol. The van der Waals surface area contributed by atoms with Gasteiger partial charge in [-0.1, -0.05) is 44.2 Å². The molecule has 0 saturated carbocycles. The summed E-state index contributed by atoms with van der Waals surface area (Å²) in [5.41, 5.74) is 5.30. The highest BCUT2D eigenvalue weighted by atomic mass is 19.1. The molecule has 0 unspecified atom stereocenters. The van der Waals surface area contributed by atoms with Crippen LogP contribution in [0.25, 0.3) is 0 Å². The predicted molar refractivity (Wildman–Crippen MR) is 135 cm³/mol. The number of likely N-dealkylation sites (tertiary alicyclic amines) is 1. The number of amides is 3. The number of halogens is 1. The number of hydrogen-bond donors (Lipinski definition) is 1. The van der Waals surface area contributed by atoms with Gasteiger partial charge >= 0.3 is 0 Å². The molecule has 37 heavy (non-hydrogen) atoms. The van der Waals surface area contributed by atoms with Crippen molar-refractivity contribution in [2.45, 2.75) is 33.1 Å². The first-order valence-corrected chi connectivity index (χ1v) is 12.3. The summed E-state index contributed by atoms with van der Waals surface area (Å²) in [4.78, 5) is 45.1. The Morgan fingerprint density at radius 3 is 2.65 bits per heavy atom. The van der Waals surface area contributed by atoms with Crippen LogP contribution in [0.4, 0.5) is 4.39 Å². The number of aromatic nitrogens is 1. The summed E-state index contributed by atoms with van der Waals surface area (Å²) >= 11 is 0. The van der Waals surface area contributed by atoms with Crippen molar-refractivity contribution in [3.63, 3.8) is 0 Å². The van der Waals surface area contributed by atoms with Crippen molar-refractivity contribution in [2.75, 3.05) is 26.7 Å². The van der Waals surface area contributed by atoms with Gasteiger partial charge in [-0.3, -0.25) is 19.4 Å². The molecule has 3 amide bonds. The van der Waals surface area contributed by atoms with E-state index in [9.17, 15) is 18.8 Å². The van der Waals surface area contributed by atoms with Gasteiger partial charge in [-0.05, 0) is 18.4 Å². The van der Waals surface area contributed by atoms with Crippen molar-refractivity contribution < 1.29 is 23.5 Å². The summed E-state index contributed by atoms with van der Waals surface area (Å²) in [5, 5.41) is 5.86. The molecule has 2 aliphatic rings. The number of carbonyl (C=O) groups excluding carboxylic acids is 3. The zero-order valence-electron chi connectivity index (χ0n) is 21.3. The van der Waals surface area contributed by atoms with Gasteiger partial charge in [0.1, 0.15) is 17.0 Å². The lowest BCUT2D eigenvalue weighted by atomic mass is 9.71. The number of piperidine rings is 1. The van der Waals surface area contributed by atoms with E-state index in [2.05, 4.69) is 10.1 Å². The quantitative estimate of drug-likeness (QED) is 0.557. The van der Waals surface area contributed by atoms with Crippen molar-refractivity contribution in [3.05, 3.63) is 60.2 Å². The van der Waals surface area contributed by atoms with Crippen LogP contribution in [-0.4, -0.2) is 65.1 Å². The van der Waals surface area contributed by atoms with E-state index >= 15 is 0 Å². The lowest BCUT2D eigenvalue weighted by molar-refractivity contribution is -0.149. The van der Waals surface area contributed by atoms with E-state index < -0.39 is 28.5 Å². The molecule has 1 fully saturated rings. The minimum absolute atomic E-state index is 0.0512. The van der Waals surface area contributed by atoms with Gasteiger partial charge in [-0.25, -0.2) is 9.40 Å². The number of ether oxygens (including phenoxy) is 1. The maximum absolute atomic E-state index is 13.9. The fourth-order valence-electron chi connectivity index (χ4n) is 5.17. The molecular formula is C27H32FN5O4. The van der Waals surface area contributed by atoms with Gasteiger partial charge in [-0.15, -0.1) is 0 Å². The molecule has 2 aromatic rings. The van der Waals surface area contributed by atoms with Crippen LogP contribution in [0.5, 0.6) is 5.75 Å². The van der Waals surface area contributed by atoms with Gasteiger partial charge in [0.2, 0.25) is 11.8 Å². The molecule has 0 aliphatic carbocycles. The van der Waals surface area contributed by atoms with Crippen molar-refractivity contribution in [1.29, 1.82) is 0 Å². The van der Waals surface area contributed by atoms with Gasteiger partial charge in [0.25, 0.3) is 5.91 Å². The Labute approximate surface area is 215 Å². The molecule has 10 heteroatoms. The van der Waals surface area contributed by atoms with E-state index in [4.69, 9.17) is 10.5 Å². The smallest absolute Gasteiger partial charge is 0.256 e. The molecule has 1 aromatic carbocycles. The molecule has 9 nitrogen and oxygen atoms in total. The van der Waals surface area contributed by atoms with Gasteiger partial charge in [0, 0.05) is 32.6 Å². The van der Waals surface area contributed by atoms with Crippen LogP contribution in [-0.2, 0) is 20.8 Å². The largest absolute Gasteiger partial charge is 0.492 e. The van der Waals surface area contributed by atoms with E-state index in [1.54, 1.807) is 25.8 Å². The van der Waals surface area contributed by atoms with Gasteiger partial charge < -0.3 is 15.4 Å². The number of rotatable bonds is 9. The minimum atomic E-state index is -1.18. The maximum atomic E-state index is 13.9. The minimum Gasteiger partial charge on any atom is -0.492 e. The number of primary amides is 1. The molecule has 2 aliphatic heterocycles. The number of nitrogens with two attached hydrogens (primary N) is 1. The predicted octanol–water partition coefficient (Wildman–Crippen LogP) is 2.41. The third-order valence-electron chi connectivity index (χ3n) is 7.43. The molecule has 2 atom stereocenters. The number of benzene rings is 1. The van der Waals surface area contributed by atoms with Crippen LogP contribution < -0.4 is 10.5 Å². The SMILES string of the molecule is CN1N=C2CCN(C(=O)[C@H](CCOc3cncc(F)c3)C(C)(C)C(N)=O)C[C@@]2(Cc2ccccc2)C1=O. The van der Waals surface area contributed by atoms with Gasteiger partial charge in [0.05, 0.1) is 36.0 Å². The molecule has 0 radical (unpaired) electrons.